The summed E-state index contributed by atoms with van der Waals surface area (Å²) in [7, 11) is 1.37. The lowest BCUT2D eigenvalue weighted by Crippen LogP contribution is -2.10. The number of anilines is 1. The van der Waals surface area contributed by atoms with Gasteiger partial charge in [0.25, 0.3) is 0 Å². The molecule has 0 bridgehead atoms. The number of hydrogen-bond donors (Lipinski definition) is 1. The number of halogens is 1. The normalized spacial score (nSPS) is 10.4. The van der Waals surface area contributed by atoms with Crippen LogP contribution in [0.15, 0.2) is 34.8 Å². The van der Waals surface area contributed by atoms with Gasteiger partial charge in [-0.3, -0.25) is 4.79 Å². The predicted molar refractivity (Wildman–Crippen MR) is 94.5 cm³/mol. The largest absolute Gasteiger partial charge is 0.486 e. The highest BCUT2D eigenvalue weighted by Crippen LogP contribution is 2.39. The average molecular weight is 378 g/mol. The Kier molecular flexibility index (Phi) is 5.66. The molecule has 0 aliphatic heterocycles. The summed E-state index contributed by atoms with van der Waals surface area (Å²) in [6, 6.07) is 9.90. The maximum atomic E-state index is 11.6. The van der Waals surface area contributed by atoms with Gasteiger partial charge in [0.05, 0.1) is 19.2 Å². The molecule has 2 aromatic rings. The third kappa shape index (κ3) is 3.85. The van der Waals surface area contributed by atoms with Crippen LogP contribution in [0.3, 0.4) is 0 Å². The van der Waals surface area contributed by atoms with Crippen molar-refractivity contribution in [1.29, 1.82) is 0 Å². The molecule has 0 radical (unpaired) electrons. The Morgan fingerprint density at radius 2 is 1.83 bits per heavy atom. The molecule has 122 valence electrons. The SMILES string of the molecule is COC(=O)Cc1c(C)c(N)c(OCc2ccccc2)c(C)c1Br. The first kappa shape index (κ1) is 17.3. The molecular weight excluding hydrogens is 358 g/mol. The molecule has 0 aliphatic carbocycles. The Morgan fingerprint density at radius 3 is 2.43 bits per heavy atom. The Morgan fingerprint density at radius 1 is 1.17 bits per heavy atom. The van der Waals surface area contributed by atoms with Gasteiger partial charge >= 0.3 is 5.97 Å². The first-order chi connectivity index (χ1) is 11.0. The zero-order valence-corrected chi connectivity index (χ0v) is 15.1. The molecule has 0 spiro atoms. The Bertz CT molecular complexity index is 685. The van der Waals surface area contributed by atoms with Crippen LogP contribution < -0.4 is 10.5 Å². The predicted octanol–water partition coefficient (Wildman–Crippen LogP) is 3.94. The van der Waals surface area contributed by atoms with Crippen molar-refractivity contribution in [3.63, 3.8) is 0 Å². The molecular formula is C18H20BrNO3. The van der Waals surface area contributed by atoms with E-state index < -0.39 is 0 Å². The van der Waals surface area contributed by atoms with Gasteiger partial charge < -0.3 is 15.2 Å². The molecule has 2 aromatic carbocycles. The smallest absolute Gasteiger partial charge is 0.310 e. The van der Waals surface area contributed by atoms with Gasteiger partial charge in [-0.15, -0.1) is 0 Å². The number of carbonyl (C=O) groups excluding carboxylic acids is 1. The summed E-state index contributed by atoms with van der Waals surface area (Å²) < 4.78 is 11.5. The second-order valence-electron chi connectivity index (χ2n) is 5.31. The maximum Gasteiger partial charge on any atom is 0.310 e. The number of esters is 1. The van der Waals surface area contributed by atoms with Gasteiger partial charge in [0.1, 0.15) is 12.4 Å². The third-order valence-corrected chi connectivity index (χ3v) is 4.88. The zero-order chi connectivity index (χ0) is 17.0. The molecule has 0 unspecified atom stereocenters. The molecule has 5 heteroatoms. The van der Waals surface area contributed by atoms with Crippen LogP contribution in [0.25, 0.3) is 0 Å². The van der Waals surface area contributed by atoms with Gasteiger partial charge in [0, 0.05) is 10.0 Å². The Hall–Kier alpha value is -2.01. The molecule has 2 N–H and O–H groups in total. The molecule has 0 atom stereocenters. The van der Waals surface area contributed by atoms with Crippen LogP contribution in [0.5, 0.6) is 5.75 Å². The van der Waals surface area contributed by atoms with Gasteiger partial charge in [-0.05, 0) is 30.5 Å². The molecule has 0 aromatic heterocycles. The standard InChI is InChI=1S/C18H20BrNO3/c1-11-14(9-15(21)22-3)16(19)12(2)18(17(11)20)23-10-13-7-5-4-6-8-13/h4-8H,9-10,20H2,1-3H3. The first-order valence-corrected chi connectivity index (χ1v) is 8.05. The van der Waals surface area contributed by atoms with Crippen molar-refractivity contribution in [1.82, 2.24) is 0 Å². The average Bonchev–Trinajstić information content (AvgIpc) is 2.57. The fourth-order valence-electron chi connectivity index (χ4n) is 2.37. The van der Waals surface area contributed by atoms with Crippen LogP contribution in [-0.2, 0) is 22.6 Å². The van der Waals surface area contributed by atoms with Gasteiger partial charge in [0.2, 0.25) is 0 Å². The molecule has 2 rings (SSSR count). The maximum absolute atomic E-state index is 11.6. The Labute approximate surface area is 144 Å². The van der Waals surface area contributed by atoms with E-state index >= 15 is 0 Å². The molecule has 0 fully saturated rings. The minimum absolute atomic E-state index is 0.174. The molecule has 0 saturated carbocycles. The van der Waals surface area contributed by atoms with E-state index in [1.165, 1.54) is 7.11 Å². The van der Waals surface area contributed by atoms with E-state index in [1.54, 1.807) is 0 Å². The van der Waals surface area contributed by atoms with Gasteiger partial charge in [0.15, 0.2) is 0 Å². The number of methoxy groups -OCH3 is 1. The first-order valence-electron chi connectivity index (χ1n) is 7.26. The summed E-state index contributed by atoms with van der Waals surface area (Å²) in [5.74, 6) is 0.345. The van der Waals surface area contributed by atoms with Gasteiger partial charge in [-0.25, -0.2) is 0 Å². The quantitative estimate of drug-likeness (QED) is 0.632. The third-order valence-electron chi connectivity index (χ3n) is 3.81. The summed E-state index contributed by atoms with van der Waals surface area (Å²) in [5.41, 5.74) is 10.4. The number of nitrogens with two attached hydrogens (primary N) is 1. The zero-order valence-electron chi connectivity index (χ0n) is 13.5. The number of nitrogen functional groups attached to an aromatic ring is 1. The van der Waals surface area contributed by atoms with Crippen LogP contribution in [0.1, 0.15) is 22.3 Å². The van der Waals surface area contributed by atoms with E-state index in [1.807, 2.05) is 44.2 Å². The van der Waals surface area contributed by atoms with Gasteiger partial charge in [-0.2, -0.15) is 0 Å². The number of ether oxygens (including phenoxy) is 2. The second-order valence-corrected chi connectivity index (χ2v) is 6.11. The van der Waals surface area contributed by atoms with Crippen molar-refractivity contribution in [2.45, 2.75) is 26.9 Å². The highest BCUT2D eigenvalue weighted by Gasteiger charge is 2.19. The summed E-state index contributed by atoms with van der Waals surface area (Å²) in [6.45, 7) is 4.24. The van der Waals surface area contributed by atoms with Crippen LogP contribution in [0.2, 0.25) is 0 Å². The van der Waals surface area contributed by atoms with Crippen molar-refractivity contribution in [3.05, 3.63) is 57.1 Å². The van der Waals surface area contributed by atoms with Crippen molar-refractivity contribution < 1.29 is 14.3 Å². The monoisotopic (exact) mass is 377 g/mol. The summed E-state index contributed by atoms with van der Waals surface area (Å²) in [4.78, 5) is 11.6. The van der Waals surface area contributed by atoms with E-state index in [0.29, 0.717) is 18.0 Å². The van der Waals surface area contributed by atoms with E-state index in [0.717, 1.165) is 26.7 Å². The summed E-state index contributed by atoms with van der Waals surface area (Å²) >= 11 is 3.56. The fourth-order valence-corrected chi connectivity index (χ4v) is 2.99. The van der Waals surface area contributed by atoms with E-state index in [9.17, 15) is 4.79 Å². The number of benzene rings is 2. The van der Waals surface area contributed by atoms with Crippen molar-refractivity contribution in [2.75, 3.05) is 12.8 Å². The van der Waals surface area contributed by atoms with Crippen LogP contribution in [0.4, 0.5) is 5.69 Å². The van der Waals surface area contributed by atoms with Crippen molar-refractivity contribution in [3.8, 4) is 5.75 Å². The topological polar surface area (TPSA) is 61.5 Å². The number of carbonyl (C=O) groups is 1. The van der Waals surface area contributed by atoms with Crippen LogP contribution >= 0.6 is 15.9 Å². The lowest BCUT2D eigenvalue weighted by Gasteiger charge is -2.19. The highest BCUT2D eigenvalue weighted by molar-refractivity contribution is 9.10. The number of rotatable bonds is 5. The van der Waals surface area contributed by atoms with Crippen LogP contribution in [-0.4, -0.2) is 13.1 Å². The molecule has 0 saturated heterocycles. The lowest BCUT2D eigenvalue weighted by atomic mass is 9.99. The second kappa shape index (κ2) is 7.51. The molecule has 0 heterocycles. The Balaban J connectivity index is 2.32. The minimum Gasteiger partial charge on any atom is -0.486 e. The molecule has 23 heavy (non-hydrogen) atoms. The fraction of sp³-hybridized carbons (Fsp3) is 0.278. The van der Waals surface area contributed by atoms with E-state index in [2.05, 4.69) is 15.9 Å². The highest BCUT2D eigenvalue weighted by atomic mass is 79.9. The summed E-state index contributed by atoms with van der Waals surface area (Å²) in [6.07, 6.45) is 0.174. The minimum atomic E-state index is -0.300. The van der Waals surface area contributed by atoms with E-state index in [-0.39, 0.29) is 12.4 Å². The lowest BCUT2D eigenvalue weighted by molar-refractivity contribution is -0.139. The molecule has 4 nitrogen and oxygen atoms in total. The van der Waals surface area contributed by atoms with Gasteiger partial charge in [-0.1, -0.05) is 46.3 Å². The van der Waals surface area contributed by atoms with Crippen LogP contribution in [0, 0.1) is 13.8 Å². The molecule has 0 amide bonds. The van der Waals surface area contributed by atoms with E-state index in [4.69, 9.17) is 15.2 Å². The summed E-state index contributed by atoms with van der Waals surface area (Å²) in [5, 5.41) is 0. The number of hydrogen-bond acceptors (Lipinski definition) is 4. The van der Waals surface area contributed by atoms with Crippen molar-refractivity contribution >= 4 is 27.6 Å². The van der Waals surface area contributed by atoms with Crippen molar-refractivity contribution in [2.24, 2.45) is 0 Å². The molecule has 0 aliphatic rings.